The highest BCUT2D eigenvalue weighted by molar-refractivity contribution is 5.67. The second kappa shape index (κ2) is 6.87. The van der Waals surface area contributed by atoms with E-state index in [-0.39, 0.29) is 18.0 Å². The third-order valence-corrected chi connectivity index (χ3v) is 3.34. The highest BCUT2D eigenvalue weighted by atomic mass is 16.6. The quantitative estimate of drug-likeness (QED) is 0.674. The molecule has 0 saturated carbocycles. The van der Waals surface area contributed by atoms with Gasteiger partial charge in [-0.25, -0.2) is 4.79 Å². The van der Waals surface area contributed by atoms with E-state index < -0.39 is 4.92 Å². The Morgan fingerprint density at radius 3 is 2.90 bits per heavy atom. The maximum absolute atomic E-state index is 11.6. The Bertz CT molecular complexity index is 515. The Hall–Kier alpha value is -2.38. The summed E-state index contributed by atoms with van der Waals surface area (Å²) >= 11 is 0. The van der Waals surface area contributed by atoms with Crippen LogP contribution in [0.15, 0.2) is 18.3 Å². The van der Waals surface area contributed by atoms with Crippen LogP contribution in [0.5, 0.6) is 0 Å². The Morgan fingerprint density at radius 1 is 1.57 bits per heavy atom. The lowest BCUT2D eigenvalue weighted by Gasteiger charge is -2.31. The van der Waals surface area contributed by atoms with Gasteiger partial charge in [-0.15, -0.1) is 0 Å². The van der Waals surface area contributed by atoms with Gasteiger partial charge in [-0.1, -0.05) is 0 Å². The Morgan fingerprint density at radius 2 is 2.29 bits per heavy atom. The predicted molar refractivity (Wildman–Crippen MR) is 76.1 cm³/mol. The highest BCUT2D eigenvalue weighted by Gasteiger charge is 2.25. The number of aromatic nitrogens is 1. The minimum atomic E-state index is -0.504. The van der Waals surface area contributed by atoms with Crippen LogP contribution in [-0.4, -0.2) is 46.6 Å². The molecule has 0 aromatic carbocycles. The highest BCUT2D eigenvalue weighted by Crippen LogP contribution is 2.23. The molecular weight excluding hydrogens is 276 g/mol. The minimum absolute atomic E-state index is 0.0820. The Balaban J connectivity index is 1.92. The number of amides is 1. The summed E-state index contributed by atoms with van der Waals surface area (Å²) in [6.07, 6.45) is 2.52. The zero-order valence-corrected chi connectivity index (χ0v) is 11.8. The number of hydrogen-bond acceptors (Lipinski definition) is 6. The number of piperidine rings is 1. The van der Waals surface area contributed by atoms with Crippen LogP contribution in [0.4, 0.5) is 16.3 Å². The molecule has 2 heterocycles. The fraction of sp³-hybridized carbons (Fsp3) is 0.538. The van der Waals surface area contributed by atoms with E-state index in [1.165, 1.54) is 6.20 Å². The summed E-state index contributed by atoms with van der Waals surface area (Å²) in [5.41, 5.74) is 0.414. The molecule has 114 valence electrons. The van der Waals surface area contributed by atoms with E-state index in [0.29, 0.717) is 38.2 Å². The number of nitrogens with one attached hydrogen (secondary N) is 1. The number of hydrogen-bond donors (Lipinski definition) is 1. The van der Waals surface area contributed by atoms with Crippen molar-refractivity contribution in [2.24, 2.45) is 0 Å². The van der Waals surface area contributed by atoms with Gasteiger partial charge in [-0.3, -0.25) is 0 Å². The van der Waals surface area contributed by atoms with Gasteiger partial charge in [0.1, 0.15) is 11.9 Å². The van der Waals surface area contributed by atoms with Crippen molar-refractivity contribution in [3.8, 4) is 0 Å². The molecule has 1 aromatic rings. The summed E-state index contributed by atoms with van der Waals surface area (Å²) < 4.78 is 4.95. The maximum Gasteiger partial charge on any atom is 0.409 e. The molecule has 1 aliphatic heterocycles. The molecule has 1 aliphatic rings. The fourth-order valence-corrected chi connectivity index (χ4v) is 2.30. The minimum Gasteiger partial charge on any atom is -0.450 e. The molecule has 1 fully saturated rings. The number of rotatable bonds is 4. The van der Waals surface area contributed by atoms with Crippen LogP contribution in [0.1, 0.15) is 19.8 Å². The van der Waals surface area contributed by atoms with Gasteiger partial charge in [0.05, 0.1) is 6.61 Å². The van der Waals surface area contributed by atoms with Crippen molar-refractivity contribution in [1.29, 1.82) is 0 Å². The molecule has 0 atom stereocenters. The summed E-state index contributed by atoms with van der Waals surface area (Å²) in [6, 6.07) is 3.38. The van der Waals surface area contributed by atoms with Crippen molar-refractivity contribution in [2.45, 2.75) is 25.8 Å². The SMILES string of the molecule is CCOC(=O)N1CCC(Nc2cccnc2[N+](=O)[O-])CC1. The first-order valence-electron chi connectivity index (χ1n) is 6.89. The smallest absolute Gasteiger partial charge is 0.409 e. The Labute approximate surface area is 122 Å². The van der Waals surface area contributed by atoms with Crippen LogP contribution in [0.2, 0.25) is 0 Å². The number of nitrogens with zero attached hydrogens (tertiary/aromatic N) is 3. The van der Waals surface area contributed by atoms with E-state index in [0.717, 1.165) is 0 Å². The monoisotopic (exact) mass is 294 g/mol. The summed E-state index contributed by atoms with van der Waals surface area (Å²) in [7, 11) is 0. The van der Waals surface area contributed by atoms with E-state index in [1.54, 1.807) is 24.0 Å². The molecule has 0 spiro atoms. The van der Waals surface area contributed by atoms with E-state index in [9.17, 15) is 14.9 Å². The maximum atomic E-state index is 11.6. The summed E-state index contributed by atoms with van der Waals surface area (Å²) in [6.45, 7) is 3.28. The molecule has 0 unspecified atom stereocenters. The average Bonchev–Trinajstić information content (AvgIpc) is 2.48. The van der Waals surface area contributed by atoms with Crippen molar-refractivity contribution >= 4 is 17.6 Å². The molecule has 1 aromatic heterocycles. The van der Waals surface area contributed by atoms with Crippen LogP contribution in [0, 0.1) is 10.1 Å². The number of nitro groups is 1. The molecule has 0 radical (unpaired) electrons. The zero-order valence-electron chi connectivity index (χ0n) is 11.8. The van der Waals surface area contributed by atoms with Crippen molar-refractivity contribution in [2.75, 3.05) is 25.0 Å². The summed E-state index contributed by atoms with van der Waals surface area (Å²) in [4.78, 5) is 27.4. The zero-order chi connectivity index (χ0) is 15.2. The van der Waals surface area contributed by atoms with E-state index in [1.807, 2.05) is 0 Å². The van der Waals surface area contributed by atoms with Crippen LogP contribution in [0.25, 0.3) is 0 Å². The third-order valence-electron chi connectivity index (χ3n) is 3.34. The van der Waals surface area contributed by atoms with Gasteiger partial charge in [0, 0.05) is 19.1 Å². The van der Waals surface area contributed by atoms with Gasteiger partial charge in [-0.05, 0) is 41.8 Å². The second-order valence-corrected chi connectivity index (χ2v) is 4.74. The lowest BCUT2D eigenvalue weighted by Crippen LogP contribution is -2.42. The van der Waals surface area contributed by atoms with E-state index in [2.05, 4.69) is 10.3 Å². The van der Waals surface area contributed by atoms with Gasteiger partial charge >= 0.3 is 11.9 Å². The molecule has 1 saturated heterocycles. The first kappa shape index (κ1) is 15.0. The molecule has 0 aliphatic carbocycles. The van der Waals surface area contributed by atoms with Crippen LogP contribution in [0.3, 0.4) is 0 Å². The standard InChI is InChI=1S/C13H18N4O4/c1-2-21-13(18)16-8-5-10(6-9-16)15-11-4-3-7-14-12(11)17(19)20/h3-4,7,10,15H,2,5-6,8-9H2,1H3. The van der Waals surface area contributed by atoms with Crippen molar-refractivity contribution in [3.63, 3.8) is 0 Å². The summed E-state index contributed by atoms with van der Waals surface area (Å²) in [5, 5.41) is 14.0. The third kappa shape index (κ3) is 3.80. The van der Waals surface area contributed by atoms with Gasteiger partial charge in [-0.2, -0.15) is 0 Å². The summed E-state index contributed by atoms with van der Waals surface area (Å²) in [5.74, 6) is -0.176. The van der Waals surface area contributed by atoms with Gasteiger partial charge in [0.15, 0.2) is 0 Å². The number of pyridine rings is 1. The lowest BCUT2D eigenvalue weighted by molar-refractivity contribution is -0.388. The lowest BCUT2D eigenvalue weighted by atomic mass is 10.1. The normalized spacial score (nSPS) is 15.6. The molecule has 8 heteroatoms. The number of likely N-dealkylation sites (tertiary alicyclic amines) is 1. The molecule has 2 rings (SSSR count). The number of anilines is 1. The van der Waals surface area contributed by atoms with Crippen molar-refractivity contribution < 1.29 is 14.5 Å². The second-order valence-electron chi connectivity index (χ2n) is 4.74. The van der Waals surface area contributed by atoms with Gasteiger partial charge in [0.25, 0.3) is 0 Å². The average molecular weight is 294 g/mol. The Kier molecular flexibility index (Phi) is 4.91. The molecule has 21 heavy (non-hydrogen) atoms. The number of carbonyl (C=O) groups is 1. The fourth-order valence-electron chi connectivity index (χ4n) is 2.30. The van der Waals surface area contributed by atoms with Crippen LogP contribution < -0.4 is 5.32 Å². The topological polar surface area (TPSA) is 97.6 Å². The molecule has 8 nitrogen and oxygen atoms in total. The molecule has 1 N–H and O–H groups in total. The van der Waals surface area contributed by atoms with E-state index in [4.69, 9.17) is 4.74 Å². The molecule has 1 amide bonds. The van der Waals surface area contributed by atoms with Crippen molar-refractivity contribution in [1.82, 2.24) is 9.88 Å². The first-order valence-corrected chi connectivity index (χ1v) is 6.89. The predicted octanol–water partition coefficient (Wildman–Crippen LogP) is 2.02. The largest absolute Gasteiger partial charge is 0.450 e. The van der Waals surface area contributed by atoms with E-state index >= 15 is 0 Å². The van der Waals surface area contributed by atoms with Gasteiger partial charge < -0.3 is 25.1 Å². The van der Waals surface area contributed by atoms with Crippen molar-refractivity contribution in [3.05, 3.63) is 28.4 Å². The van der Waals surface area contributed by atoms with Crippen LogP contribution in [-0.2, 0) is 4.74 Å². The first-order chi connectivity index (χ1) is 10.1. The number of ether oxygens (including phenoxy) is 1. The molecular formula is C13H18N4O4. The number of carbonyl (C=O) groups excluding carboxylic acids is 1. The van der Waals surface area contributed by atoms with Gasteiger partial charge in [0.2, 0.25) is 0 Å². The van der Waals surface area contributed by atoms with Crippen LogP contribution >= 0.6 is 0 Å². The molecule has 0 bridgehead atoms.